The van der Waals surface area contributed by atoms with Gasteiger partial charge in [-0.15, -0.1) is 0 Å². The smallest absolute Gasteiger partial charge is 0.243 e. The van der Waals surface area contributed by atoms with Gasteiger partial charge >= 0.3 is 0 Å². The summed E-state index contributed by atoms with van der Waals surface area (Å²) in [5, 5.41) is 3.23. The number of carbonyl (C=O) groups is 1. The number of hydrogen-bond acceptors (Lipinski definition) is 4. The lowest BCUT2D eigenvalue weighted by Crippen LogP contribution is -2.48. The van der Waals surface area contributed by atoms with Crippen LogP contribution in [0.15, 0.2) is 23.1 Å². The van der Waals surface area contributed by atoms with Crippen molar-refractivity contribution in [2.24, 2.45) is 0 Å². The second-order valence-electron chi connectivity index (χ2n) is 7.68. The van der Waals surface area contributed by atoms with E-state index in [4.69, 9.17) is 0 Å². The Morgan fingerprint density at radius 1 is 1.15 bits per heavy atom. The Morgan fingerprint density at radius 2 is 1.81 bits per heavy atom. The number of benzene rings is 1. The van der Waals surface area contributed by atoms with Crippen LogP contribution in [-0.4, -0.2) is 62.3 Å². The molecule has 27 heavy (non-hydrogen) atoms. The molecule has 0 atom stereocenters. The molecular formula is C20H31N3O3S. The maximum Gasteiger partial charge on any atom is 0.243 e. The number of nitrogens with one attached hydrogen (secondary N) is 1. The van der Waals surface area contributed by atoms with E-state index in [1.54, 1.807) is 16.4 Å². The Balaban J connectivity index is 1.77. The first-order valence-corrected chi connectivity index (χ1v) is 11.4. The predicted molar refractivity (Wildman–Crippen MR) is 106 cm³/mol. The topological polar surface area (TPSA) is 69.7 Å². The number of piperazine rings is 1. The standard InChI is InChI=1S/C20H31N3O3S/c1-16-7-8-19(15-17(16)2)27(25,26)23(18-5-3-4-6-18)12-9-20(24)22-13-10-21-11-14-22/h7-8,15,18,21H,3-6,9-14H2,1-2H3. The van der Waals surface area contributed by atoms with E-state index in [-0.39, 0.29) is 24.9 Å². The zero-order valence-electron chi connectivity index (χ0n) is 16.4. The van der Waals surface area contributed by atoms with Crippen LogP contribution in [0, 0.1) is 13.8 Å². The van der Waals surface area contributed by atoms with Crippen LogP contribution < -0.4 is 5.32 Å². The van der Waals surface area contributed by atoms with E-state index in [2.05, 4.69) is 5.32 Å². The fourth-order valence-electron chi connectivity index (χ4n) is 3.98. The molecule has 1 saturated heterocycles. The highest BCUT2D eigenvalue weighted by molar-refractivity contribution is 7.89. The van der Waals surface area contributed by atoms with E-state index in [1.807, 2.05) is 24.8 Å². The Kier molecular flexibility index (Phi) is 6.55. The number of hydrogen-bond donors (Lipinski definition) is 1. The van der Waals surface area contributed by atoms with Crippen LogP contribution in [0.3, 0.4) is 0 Å². The van der Waals surface area contributed by atoms with Crippen molar-refractivity contribution in [3.05, 3.63) is 29.3 Å². The van der Waals surface area contributed by atoms with Gasteiger partial charge < -0.3 is 10.2 Å². The molecule has 0 aromatic heterocycles. The van der Waals surface area contributed by atoms with Gasteiger partial charge in [0.1, 0.15) is 0 Å². The Labute approximate surface area is 163 Å². The maximum absolute atomic E-state index is 13.4. The molecule has 150 valence electrons. The maximum atomic E-state index is 13.4. The molecule has 0 bridgehead atoms. The van der Waals surface area contributed by atoms with Gasteiger partial charge in [0.25, 0.3) is 0 Å². The van der Waals surface area contributed by atoms with Crippen LogP contribution in [0.4, 0.5) is 0 Å². The fourth-order valence-corrected chi connectivity index (χ4v) is 5.75. The molecule has 2 fully saturated rings. The van der Waals surface area contributed by atoms with Crippen LogP contribution in [0.1, 0.15) is 43.2 Å². The van der Waals surface area contributed by atoms with Gasteiger partial charge in [0.05, 0.1) is 4.90 Å². The third-order valence-electron chi connectivity index (χ3n) is 5.83. The first-order chi connectivity index (χ1) is 12.9. The Morgan fingerprint density at radius 3 is 2.44 bits per heavy atom. The molecule has 1 aromatic rings. The summed E-state index contributed by atoms with van der Waals surface area (Å²) in [5.41, 5.74) is 2.05. The fraction of sp³-hybridized carbons (Fsp3) is 0.650. The highest BCUT2D eigenvalue weighted by Gasteiger charge is 2.34. The molecule has 2 aliphatic rings. The number of carbonyl (C=O) groups excluding carboxylic acids is 1. The van der Waals surface area contributed by atoms with Crippen molar-refractivity contribution in [2.75, 3.05) is 32.7 Å². The lowest BCUT2D eigenvalue weighted by Gasteiger charge is -2.31. The van der Waals surface area contributed by atoms with Crippen LogP contribution >= 0.6 is 0 Å². The second-order valence-corrected chi connectivity index (χ2v) is 9.57. The minimum Gasteiger partial charge on any atom is -0.340 e. The van der Waals surface area contributed by atoms with Crippen molar-refractivity contribution in [1.82, 2.24) is 14.5 Å². The highest BCUT2D eigenvalue weighted by Crippen LogP contribution is 2.29. The van der Waals surface area contributed by atoms with Gasteiger partial charge in [0.2, 0.25) is 15.9 Å². The summed E-state index contributed by atoms with van der Waals surface area (Å²) in [7, 11) is -3.60. The third-order valence-corrected chi connectivity index (χ3v) is 7.78. The molecule has 1 aromatic carbocycles. The SMILES string of the molecule is Cc1ccc(S(=O)(=O)N(CCC(=O)N2CCNCC2)C2CCCC2)cc1C. The van der Waals surface area contributed by atoms with Crippen LogP contribution in [-0.2, 0) is 14.8 Å². The Bertz CT molecular complexity index is 767. The van der Waals surface area contributed by atoms with E-state index < -0.39 is 10.0 Å². The lowest BCUT2D eigenvalue weighted by molar-refractivity contribution is -0.131. The summed E-state index contributed by atoms with van der Waals surface area (Å²) >= 11 is 0. The van der Waals surface area contributed by atoms with Crippen molar-refractivity contribution >= 4 is 15.9 Å². The zero-order chi connectivity index (χ0) is 19.4. The highest BCUT2D eigenvalue weighted by atomic mass is 32.2. The number of sulfonamides is 1. The van der Waals surface area contributed by atoms with Gasteiger partial charge in [-0.1, -0.05) is 18.9 Å². The molecule has 0 spiro atoms. The quantitative estimate of drug-likeness (QED) is 0.803. The lowest BCUT2D eigenvalue weighted by atomic mass is 10.1. The number of aryl methyl sites for hydroxylation is 2. The average Bonchev–Trinajstić information content (AvgIpc) is 3.18. The van der Waals surface area contributed by atoms with Gasteiger partial charge in [0, 0.05) is 45.2 Å². The van der Waals surface area contributed by atoms with E-state index in [9.17, 15) is 13.2 Å². The monoisotopic (exact) mass is 393 g/mol. The molecule has 0 unspecified atom stereocenters. The summed E-state index contributed by atoms with van der Waals surface area (Å²) in [6.07, 6.45) is 4.11. The molecule has 1 N–H and O–H groups in total. The van der Waals surface area contributed by atoms with Crippen molar-refractivity contribution in [3.8, 4) is 0 Å². The summed E-state index contributed by atoms with van der Waals surface area (Å²) in [4.78, 5) is 14.7. The van der Waals surface area contributed by atoms with Gasteiger partial charge in [0.15, 0.2) is 0 Å². The molecule has 0 radical (unpaired) electrons. The molecule has 1 aliphatic heterocycles. The zero-order valence-corrected chi connectivity index (χ0v) is 17.2. The minimum atomic E-state index is -3.60. The van der Waals surface area contributed by atoms with Crippen LogP contribution in [0.25, 0.3) is 0 Å². The normalized spacial score (nSPS) is 19.0. The van der Waals surface area contributed by atoms with Gasteiger partial charge in [-0.25, -0.2) is 8.42 Å². The average molecular weight is 394 g/mol. The van der Waals surface area contributed by atoms with Crippen LogP contribution in [0.2, 0.25) is 0 Å². The number of nitrogens with zero attached hydrogens (tertiary/aromatic N) is 2. The third kappa shape index (κ3) is 4.70. The summed E-state index contributed by atoms with van der Waals surface area (Å²) < 4.78 is 28.3. The summed E-state index contributed by atoms with van der Waals surface area (Å²) in [6, 6.07) is 5.32. The predicted octanol–water partition coefficient (Wildman–Crippen LogP) is 2.06. The molecule has 1 amide bonds. The second kappa shape index (κ2) is 8.71. The van der Waals surface area contributed by atoms with E-state index >= 15 is 0 Å². The molecule has 7 heteroatoms. The molecule has 3 rings (SSSR count). The van der Waals surface area contributed by atoms with Crippen molar-refractivity contribution in [1.29, 1.82) is 0 Å². The van der Waals surface area contributed by atoms with Crippen LogP contribution in [0.5, 0.6) is 0 Å². The summed E-state index contributed by atoms with van der Waals surface area (Å²) in [6.45, 7) is 7.19. The van der Waals surface area contributed by atoms with Gasteiger partial charge in [-0.05, 0) is 49.9 Å². The molecule has 6 nitrogen and oxygen atoms in total. The van der Waals surface area contributed by atoms with E-state index in [0.717, 1.165) is 49.9 Å². The molecular weight excluding hydrogens is 362 g/mol. The van der Waals surface area contributed by atoms with Crippen molar-refractivity contribution in [3.63, 3.8) is 0 Å². The number of rotatable bonds is 6. The summed E-state index contributed by atoms with van der Waals surface area (Å²) in [5.74, 6) is 0.0507. The van der Waals surface area contributed by atoms with Gasteiger partial charge in [-0.2, -0.15) is 4.31 Å². The van der Waals surface area contributed by atoms with E-state index in [0.29, 0.717) is 18.0 Å². The minimum absolute atomic E-state index is 0.00688. The number of amides is 1. The van der Waals surface area contributed by atoms with Crippen molar-refractivity contribution in [2.45, 2.75) is 56.9 Å². The van der Waals surface area contributed by atoms with E-state index in [1.165, 1.54) is 0 Å². The van der Waals surface area contributed by atoms with Crippen molar-refractivity contribution < 1.29 is 13.2 Å². The Hall–Kier alpha value is -1.44. The molecule has 1 heterocycles. The first kappa shape index (κ1) is 20.3. The van der Waals surface area contributed by atoms with Gasteiger partial charge in [-0.3, -0.25) is 4.79 Å². The molecule has 1 saturated carbocycles. The first-order valence-electron chi connectivity index (χ1n) is 9.97. The largest absolute Gasteiger partial charge is 0.340 e. The molecule has 1 aliphatic carbocycles.